The molecule has 4 rings (SSSR count). The normalized spacial score (nSPS) is 14.2. The number of carbonyl (C=O) groups is 6. The van der Waals surface area contributed by atoms with Crippen molar-refractivity contribution >= 4 is 35.8 Å². The zero-order valence-electron chi connectivity index (χ0n) is 43.3. The van der Waals surface area contributed by atoms with Crippen LogP contribution in [0.15, 0.2) is 72.8 Å². The quantitative estimate of drug-likeness (QED) is 0.0204. The zero-order valence-corrected chi connectivity index (χ0v) is 43.3. The minimum absolute atomic E-state index is 0.0436. The van der Waals surface area contributed by atoms with Gasteiger partial charge in [0.1, 0.15) is 24.4 Å². The van der Waals surface area contributed by atoms with E-state index in [1.165, 1.54) is 38.5 Å². The average molecular weight is 999 g/mol. The Morgan fingerprint density at radius 2 is 1.17 bits per heavy atom. The van der Waals surface area contributed by atoms with Crippen molar-refractivity contribution in [1.82, 2.24) is 0 Å². The van der Waals surface area contributed by atoms with Gasteiger partial charge in [-0.15, -0.1) is 0 Å². The summed E-state index contributed by atoms with van der Waals surface area (Å²) in [6.07, 6.45) is 11.0. The summed E-state index contributed by atoms with van der Waals surface area (Å²) in [5, 5.41) is 0. The van der Waals surface area contributed by atoms with Crippen molar-refractivity contribution in [3.8, 4) is 28.0 Å². The number of benzene rings is 3. The van der Waals surface area contributed by atoms with Gasteiger partial charge in [-0.2, -0.15) is 0 Å². The molecule has 14 heteroatoms. The van der Waals surface area contributed by atoms with E-state index in [2.05, 4.69) is 42.5 Å². The zero-order chi connectivity index (χ0) is 52.6. The Morgan fingerprint density at radius 3 is 1.67 bits per heavy atom. The standard InChI is InChI=1S/C58H75FO13/c1-9-11-12-15-40-18-20-43(21-19-40)44-22-25-50(51(59)33-44)45-23-24-49(42(10-2)30-45)48-31-46(16-13-27-69-57(64)38(3)4)56(47(32-48)17-14-28-70-58(65)39(5)6)68-29-26-41(36-71-54(62)34-52(60)66-7)37-72-55(63)35-53(61)67-8/h22-25,30-33,40-41,43H,3,5,9-21,26-29,34-37H2,1-2,4,6-8H3. The molecule has 1 fully saturated rings. The molecule has 0 N–H and O–H groups in total. The number of hydrogen-bond acceptors (Lipinski definition) is 13. The molecule has 0 saturated heterocycles. The highest BCUT2D eigenvalue weighted by Gasteiger charge is 2.25. The van der Waals surface area contributed by atoms with Crippen molar-refractivity contribution in [2.75, 3.05) is 47.3 Å². The van der Waals surface area contributed by atoms with E-state index in [0.29, 0.717) is 49.3 Å². The molecule has 72 heavy (non-hydrogen) atoms. The third-order valence-corrected chi connectivity index (χ3v) is 13.0. The summed E-state index contributed by atoms with van der Waals surface area (Å²) >= 11 is 0. The highest BCUT2D eigenvalue weighted by Crippen LogP contribution is 2.40. The monoisotopic (exact) mass is 999 g/mol. The first-order valence-corrected chi connectivity index (χ1v) is 25.4. The first-order chi connectivity index (χ1) is 34.6. The van der Waals surface area contributed by atoms with Gasteiger partial charge in [0, 0.05) is 22.6 Å². The van der Waals surface area contributed by atoms with Crippen molar-refractivity contribution in [1.29, 1.82) is 0 Å². The van der Waals surface area contributed by atoms with Crippen LogP contribution in [0.1, 0.15) is 139 Å². The van der Waals surface area contributed by atoms with Crippen LogP contribution in [0.25, 0.3) is 22.3 Å². The molecule has 13 nitrogen and oxygen atoms in total. The highest BCUT2D eigenvalue weighted by molar-refractivity contribution is 5.91. The predicted molar refractivity (Wildman–Crippen MR) is 272 cm³/mol. The number of hydrogen-bond donors (Lipinski definition) is 0. The lowest BCUT2D eigenvalue weighted by atomic mass is 9.77. The summed E-state index contributed by atoms with van der Waals surface area (Å²) in [6, 6.07) is 15.8. The maximum absolute atomic E-state index is 16.1. The summed E-state index contributed by atoms with van der Waals surface area (Å²) in [5.74, 6) is -3.41. The number of esters is 6. The van der Waals surface area contributed by atoms with Crippen molar-refractivity contribution in [3.63, 3.8) is 0 Å². The Labute approximate surface area is 425 Å². The summed E-state index contributed by atoms with van der Waals surface area (Å²) in [4.78, 5) is 72.9. The van der Waals surface area contributed by atoms with Crippen LogP contribution in [0.4, 0.5) is 4.39 Å². The van der Waals surface area contributed by atoms with Gasteiger partial charge in [0.05, 0.1) is 47.3 Å². The third-order valence-electron chi connectivity index (χ3n) is 13.0. The van der Waals surface area contributed by atoms with E-state index in [0.717, 1.165) is 71.9 Å². The Kier molecular flexibility index (Phi) is 24.7. The van der Waals surface area contributed by atoms with Crippen molar-refractivity contribution < 1.29 is 66.3 Å². The van der Waals surface area contributed by atoms with Gasteiger partial charge in [0.25, 0.3) is 0 Å². The van der Waals surface area contributed by atoms with E-state index >= 15 is 4.39 Å². The Morgan fingerprint density at radius 1 is 0.625 bits per heavy atom. The molecule has 3 aromatic rings. The van der Waals surface area contributed by atoms with E-state index < -0.39 is 54.6 Å². The molecule has 1 aliphatic carbocycles. The number of carbonyl (C=O) groups excluding carboxylic acids is 6. The number of halogens is 1. The van der Waals surface area contributed by atoms with Gasteiger partial charge in [-0.05, 0) is 147 Å². The minimum atomic E-state index is -0.836. The van der Waals surface area contributed by atoms with Crippen LogP contribution in [-0.2, 0) is 76.5 Å². The first-order valence-electron chi connectivity index (χ1n) is 25.4. The molecule has 1 aliphatic rings. The topological polar surface area (TPSA) is 167 Å². The number of rotatable bonds is 30. The highest BCUT2D eigenvalue weighted by atomic mass is 19.1. The van der Waals surface area contributed by atoms with Gasteiger partial charge in [0.2, 0.25) is 0 Å². The molecule has 0 aliphatic heterocycles. The molecule has 0 bridgehead atoms. The number of methoxy groups -OCH3 is 2. The second-order valence-corrected chi connectivity index (χ2v) is 18.7. The predicted octanol–water partition coefficient (Wildman–Crippen LogP) is 11.3. The van der Waals surface area contributed by atoms with Crippen molar-refractivity contribution in [3.05, 3.63) is 101 Å². The maximum Gasteiger partial charge on any atom is 0.333 e. The van der Waals surface area contributed by atoms with Crippen LogP contribution in [0, 0.1) is 17.7 Å². The smallest absolute Gasteiger partial charge is 0.333 e. The lowest BCUT2D eigenvalue weighted by molar-refractivity contribution is -0.155. The van der Waals surface area contributed by atoms with Gasteiger partial charge in [-0.3, -0.25) is 19.2 Å². The second kappa shape index (κ2) is 30.5. The summed E-state index contributed by atoms with van der Waals surface area (Å²) in [5.41, 5.74) is 7.34. The summed E-state index contributed by atoms with van der Waals surface area (Å²) in [6.45, 7) is 14.6. The van der Waals surface area contributed by atoms with Crippen LogP contribution in [0.3, 0.4) is 0 Å². The van der Waals surface area contributed by atoms with Crippen molar-refractivity contribution in [2.45, 2.75) is 136 Å². The molecule has 0 radical (unpaired) electrons. The molecule has 0 aromatic heterocycles. The van der Waals surface area contributed by atoms with E-state index in [9.17, 15) is 28.8 Å². The van der Waals surface area contributed by atoms with Crippen LogP contribution in [0.5, 0.6) is 5.75 Å². The molecular formula is C58H75FO13. The molecule has 0 unspecified atom stereocenters. The van der Waals surface area contributed by atoms with Crippen LogP contribution < -0.4 is 4.74 Å². The summed E-state index contributed by atoms with van der Waals surface area (Å²) < 4.78 is 53.5. The molecule has 0 heterocycles. The number of aryl methyl sites for hydroxylation is 3. The fraction of sp³-hybridized carbons (Fsp3) is 0.517. The van der Waals surface area contributed by atoms with E-state index in [4.69, 9.17) is 23.7 Å². The SMILES string of the molecule is C=C(C)C(=O)OCCCc1cc(-c2ccc(-c3ccc(C4CCC(CCCCC)CC4)cc3F)cc2CC)cc(CCCOC(=O)C(=C)C)c1OCCC(COC(=O)CC(=O)OC)COC(=O)CC(=O)OC. The minimum Gasteiger partial charge on any atom is -0.493 e. The van der Waals surface area contributed by atoms with Gasteiger partial charge in [-0.1, -0.05) is 83.0 Å². The molecule has 392 valence electrons. The number of unbranched alkanes of at least 4 members (excludes halogenated alkanes) is 2. The number of ether oxygens (including phenoxy) is 7. The Balaban J connectivity index is 1.68. The average Bonchev–Trinajstić information content (AvgIpc) is 3.37. The fourth-order valence-electron chi connectivity index (χ4n) is 8.84. The molecule has 3 aromatic carbocycles. The van der Waals surface area contributed by atoms with Gasteiger partial charge in [0.15, 0.2) is 0 Å². The molecule has 0 atom stereocenters. The van der Waals surface area contributed by atoms with E-state index in [1.807, 2.05) is 36.4 Å². The Bertz CT molecular complexity index is 2250. The van der Waals surface area contributed by atoms with Gasteiger partial charge >= 0.3 is 35.8 Å². The van der Waals surface area contributed by atoms with Crippen LogP contribution in [-0.4, -0.2) is 83.1 Å². The van der Waals surface area contributed by atoms with Gasteiger partial charge < -0.3 is 33.2 Å². The second-order valence-electron chi connectivity index (χ2n) is 18.7. The lowest BCUT2D eigenvalue weighted by Crippen LogP contribution is -2.24. The van der Waals surface area contributed by atoms with Gasteiger partial charge in [-0.25, -0.2) is 14.0 Å². The fourth-order valence-corrected chi connectivity index (χ4v) is 8.84. The summed E-state index contributed by atoms with van der Waals surface area (Å²) in [7, 11) is 2.30. The largest absolute Gasteiger partial charge is 0.493 e. The molecule has 0 spiro atoms. The van der Waals surface area contributed by atoms with E-state index in [1.54, 1.807) is 19.9 Å². The molecular weight excluding hydrogens is 924 g/mol. The molecule has 1 saturated carbocycles. The lowest BCUT2D eigenvalue weighted by Gasteiger charge is -2.29. The third kappa shape index (κ3) is 19.0. The van der Waals surface area contributed by atoms with Crippen LogP contribution in [0.2, 0.25) is 0 Å². The van der Waals surface area contributed by atoms with Crippen LogP contribution >= 0.6 is 0 Å². The maximum atomic E-state index is 16.1. The van der Waals surface area contributed by atoms with E-state index in [-0.39, 0.29) is 56.4 Å². The first kappa shape index (κ1) is 58.3. The van der Waals surface area contributed by atoms with Crippen molar-refractivity contribution in [2.24, 2.45) is 11.8 Å². The Hall–Kier alpha value is -6.31. The molecule has 0 amide bonds.